The second-order valence-electron chi connectivity index (χ2n) is 8.91. The van der Waals surface area contributed by atoms with Gasteiger partial charge in [0, 0.05) is 5.56 Å². The molecule has 2 aromatic rings. The first-order chi connectivity index (χ1) is 13.2. The van der Waals surface area contributed by atoms with Crippen LogP contribution in [0.3, 0.4) is 0 Å². The third-order valence-corrected chi connectivity index (χ3v) is 6.53. The molecule has 2 heteroatoms. The number of carbonyl (C=O) groups excluding carboxylic acids is 1. The topological polar surface area (TPSA) is 26.3 Å². The number of ether oxygens (including phenoxy) is 1. The van der Waals surface area contributed by atoms with E-state index in [2.05, 4.69) is 59.7 Å². The van der Waals surface area contributed by atoms with Gasteiger partial charge in [0.25, 0.3) is 0 Å². The van der Waals surface area contributed by atoms with Crippen molar-refractivity contribution in [3.8, 4) is 5.75 Å². The van der Waals surface area contributed by atoms with Crippen LogP contribution in [0.25, 0.3) is 0 Å². The van der Waals surface area contributed by atoms with E-state index in [-0.39, 0.29) is 10.8 Å². The van der Waals surface area contributed by atoms with Crippen molar-refractivity contribution in [1.29, 1.82) is 0 Å². The Bertz CT molecular complexity index is 813. The molecule has 2 aromatic carbocycles. The van der Waals surface area contributed by atoms with Crippen LogP contribution in [0, 0.1) is 6.92 Å². The van der Waals surface area contributed by atoms with Crippen molar-refractivity contribution >= 4 is 6.29 Å². The molecule has 0 aliphatic heterocycles. The van der Waals surface area contributed by atoms with Crippen LogP contribution in [0.2, 0.25) is 0 Å². The fourth-order valence-electron chi connectivity index (χ4n) is 3.47. The third-order valence-electron chi connectivity index (χ3n) is 6.53. The first kappa shape index (κ1) is 22.2. The summed E-state index contributed by atoms with van der Waals surface area (Å²) in [6.45, 7) is 16.2. The minimum atomic E-state index is 0.126. The summed E-state index contributed by atoms with van der Waals surface area (Å²) in [6, 6.07) is 12.7. The molecule has 0 N–H and O–H groups in total. The van der Waals surface area contributed by atoms with E-state index in [1.165, 1.54) is 16.7 Å². The highest BCUT2D eigenvalue weighted by Crippen LogP contribution is 2.36. The number of rotatable bonds is 9. The second kappa shape index (κ2) is 8.94. The standard InChI is InChI=1S/C26H36O2/c1-8-25(5,6)22-13-21(14-23(16-22)26(7,9-2)10-3)18-28-24-12-19(4)11-20(15-24)17-27/h11-17H,8-10,18H2,1-7H3. The van der Waals surface area contributed by atoms with Gasteiger partial charge in [0.1, 0.15) is 18.6 Å². The van der Waals surface area contributed by atoms with Gasteiger partial charge in [0.05, 0.1) is 0 Å². The predicted octanol–water partition coefficient (Wildman–Crippen LogP) is 7.15. The van der Waals surface area contributed by atoms with Crippen molar-refractivity contribution in [2.45, 2.75) is 85.2 Å². The Morgan fingerprint density at radius 3 is 2.07 bits per heavy atom. The van der Waals surface area contributed by atoms with E-state index in [0.29, 0.717) is 12.2 Å². The number of hydrogen-bond donors (Lipinski definition) is 0. The zero-order valence-electron chi connectivity index (χ0n) is 18.7. The molecule has 2 rings (SSSR count). The molecule has 0 aromatic heterocycles. The number of hydrogen-bond acceptors (Lipinski definition) is 2. The van der Waals surface area contributed by atoms with Crippen LogP contribution < -0.4 is 4.74 Å². The lowest BCUT2D eigenvalue weighted by Gasteiger charge is -2.31. The molecule has 28 heavy (non-hydrogen) atoms. The quantitative estimate of drug-likeness (QED) is 0.432. The van der Waals surface area contributed by atoms with Crippen molar-refractivity contribution in [3.05, 3.63) is 64.2 Å². The van der Waals surface area contributed by atoms with E-state index in [0.717, 1.165) is 36.9 Å². The lowest BCUT2D eigenvalue weighted by atomic mass is 9.73. The average Bonchev–Trinajstić information content (AvgIpc) is 2.70. The van der Waals surface area contributed by atoms with Gasteiger partial charge in [-0.25, -0.2) is 0 Å². The molecule has 0 radical (unpaired) electrons. The van der Waals surface area contributed by atoms with Crippen molar-refractivity contribution in [1.82, 2.24) is 0 Å². The highest BCUT2D eigenvalue weighted by molar-refractivity contribution is 5.76. The fraction of sp³-hybridized carbons (Fsp3) is 0.500. The molecule has 0 saturated carbocycles. The van der Waals surface area contributed by atoms with Crippen LogP contribution in [0.4, 0.5) is 0 Å². The molecule has 2 nitrogen and oxygen atoms in total. The molecule has 0 fully saturated rings. The summed E-state index contributed by atoms with van der Waals surface area (Å²) in [4.78, 5) is 11.1. The molecule has 0 spiro atoms. The van der Waals surface area contributed by atoms with Gasteiger partial charge in [-0.1, -0.05) is 59.7 Å². The Balaban J connectivity index is 2.41. The first-order valence-corrected chi connectivity index (χ1v) is 10.5. The van der Waals surface area contributed by atoms with Crippen LogP contribution in [0.15, 0.2) is 36.4 Å². The lowest BCUT2D eigenvalue weighted by molar-refractivity contribution is 0.112. The Morgan fingerprint density at radius 2 is 1.50 bits per heavy atom. The van der Waals surface area contributed by atoms with Gasteiger partial charge in [0.15, 0.2) is 0 Å². The van der Waals surface area contributed by atoms with Crippen LogP contribution in [-0.4, -0.2) is 6.29 Å². The van der Waals surface area contributed by atoms with Gasteiger partial charge in [0.2, 0.25) is 0 Å². The van der Waals surface area contributed by atoms with Gasteiger partial charge >= 0.3 is 0 Å². The molecule has 0 atom stereocenters. The lowest BCUT2D eigenvalue weighted by Crippen LogP contribution is -2.23. The van der Waals surface area contributed by atoms with Crippen molar-refractivity contribution in [2.24, 2.45) is 0 Å². The van der Waals surface area contributed by atoms with Crippen molar-refractivity contribution in [2.75, 3.05) is 0 Å². The highest BCUT2D eigenvalue weighted by atomic mass is 16.5. The summed E-state index contributed by atoms with van der Waals surface area (Å²) in [5, 5.41) is 0. The van der Waals surface area contributed by atoms with E-state index in [1.54, 1.807) is 0 Å². The van der Waals surface area contributed by atoms with Gasteiger partial charge in [-0.2, -0.15) is 0 Å². The van der Waals surface area contributed by atoms with Crippen LogP contribution in [0.5, 0.6) is 5.75 Å². The Labute approximate surface area is 171 Å². The summed E-state index contributed by atoms with van der Waals surface area (Å²) < 4.78 is 6.09. The van der Waals surface area contributed by atoms with Crippen LogP contribution in [0.1, 0.15) is 93.4 Å². The van der Waals surface area contributed by atoms with E-state index in [1.807, 2.05) is 25.1 Å². The van der Waals surface area contributed by atoms with Gasteiger partial charge in [-0.3, -0.25) is 4.79 Å². The maximum Gasteiger partial charge on any atom is 0.150 e. The summed E-state index contributed by atoms with van der Waals surface area (Å²) in [5.41, 5.74) is 5.94. The first-order valence-electron chi connectivity index (χ1n) is 10.5. The second-order valence-corrected chi connectivity index (χ2v) is 8.91. The normalized spacial score (nSPS) is 12.1. The minimum Gasteiger partial charge on any atom is -0.489 e. The van der Waals surface area contributed by atoms with Gasteiger partial charge in [-0.05, 0) is 77.5 Å². The molecule has 0 heterocycles. The Hall–Kier alpha value is -2.09. The van der Waals surface area contributed by atoms with E-state index < -0.39 is 0 Å². The summed E-state index contributed by atoms with van der Waals surface area (Å²) >= 11 is 0. The van der Waals surface area contributed by atoms with Crippen LogP contribution >= 0.6 is 0 Å². The fourth-order valence-corrected chi connectivity index (χ4v) is 3.47. The number of aryl methyl sites for hydroxylation is 1. The van der Waals surface area contributed by atoms with E-state index in [9.17, 15) is 4.79 Å². The average molecular weight is 381 g/mol. The maximum absolute atomic E-state index is 11.1. The zero-order valence-corrected chi connectivity index (χ0v) is 18.7. The zero-order chi connectivity index (χ0) is 20.9. The van der Waals surface area contributed by atoms with E-state index in [4.69, 9.17) is 4.74 Å². The molecule has 0 bridgehead atoms. The molecule has 0 unspecified atom stereocenters. The SMILES string of the molecule is CCC(C)(C)c1cc(COc2cc(C)cc(C=O)c2)cc(C(C)(CC)CC)c1. The smallest absolute Gasteiger partial charge is 0.150 e. The molecular weight excluding hydrogens is 344 g/mol. The van der Waals surface area contributed by atoms with Crippen LogP contribution in [-0.2, 0) is 17.4 Å². The largest absolute Gasteiger partial charge is 0.489 e. The summed E-state index contributed by atoms with van der Waals surface area (Å²) in [7, 11) is 0. The van der Waals surface area contributed by atoms with Crippen molar-refractivity contribution in [3.63, 3.8) is 0 Å². The van der Waals surface area contributed by atoms with E-state index >= 15 is 0 Å². The monoisotopic (exact) mass is 380 g/mol. The maximum atomic E-state index is 11.1. The summed E-state index contributed by atoms with van der Waals surface area (Å²) in [5.74, 6) is 0.748. The molecule has 0 aliphatic carbocycles. The van der Waals surface area contributed by atoms with Crippen molar-refractivity contribution < 1.29 is 9.53 Å². The third kappa shape index (κ3) is 5.04. The molecule has 152 valence electrons. The molecule has 0 aliphatic rings. The molecule has 0 saturated heterocycles. The Morgan fingerprint density at radius 1 is 0.857 bits per heavy atom. The summed E-state index contributed by atoms with van der Waals surface area (Å²) in [6.07, 6.45) is 4.18. The van der Waals surface area contributed by atoms with Gasteiger partial charge in [-0.15, -0.1) is 0 Å². The number of aldehydes is 1. The number of benzene rings is 2. The highest BCUT2D eigenvalue weighted by Gasteiger charge is 2.26. The Kier molecular flexibility index (Phi) is 7.09. The minimum absolute atomic E-state index is 0.126. The number of carbonyl (C=O) groups is 1. The molecular formula is C26H36O2. The van der Waals surface area contributed by atoms with Gasteiger partial charge < -0.3 is 4.74 Å². The predicted molar refractivity (Wildman–Crippen MR) is 119 cm³/mol. The molecule has 0 amide bonds.